The van der Waals surface area contributed by atoms with Gasteiger partial charge in [0.2, 0.25) is 5.91 Å². The van der Waals surface area contributed by atoms with Gasteiger partial charge in [-0.25, -0.2) is 0 Å². The summed E-state index contributed by atoms with van der Waals surface area (Å²) in [7, 11) is 0. The summed E-state index contributed by atoms with van der Waals surface area (Å²) in [5.41, 5.74) is 0. The minimum absolute atomic E-state index is 0.137. The minimum atomic E-state index is 0.137. The number of likely N-dealkylation sites (tertiary alicyclic amines) is 1. The highest BCUT2D eigenvalue weighted by atomic mass is 16.2. The molecule has 2 atom stereocenters. The van der Waals surface area contributed by atoms with E-state index in [9.17, 15) is 4.79 Å². The third-order valence-electron chi connectivity index (χ3n) is 2.42. The van der Waals surface area contributed by atoms with E-state index < -0.39 is 0 Å². The second-order valence-corrected chi connectivity index (χ2v) is 3.20. The lowest BCUT2D eigenvalue weighted by Crippen LogP contribution is -2.47. The van der Waals surface area contributed by atoms with Crippen molar-refractivity contribution < 1.29 is 4.79 Å². The first kappa shape index (κ1) is 6.85. The summed E-state index contributed by atoms with van der Waals surface area (Å²) in [6, 6.07) is 0.547. The van der Waals surface area contributed by atoms with Gasteiger partial charge in [0.1, 0.15) is 0 Å². The van der Waals surface area contributed by atoms with E-state index in [1.165, 1.54) is 0 Å². The van der Waals surface area contributed by atoms with Crippen LogP contribution in [-0.2, 0) is 4.79 Å². The molecule has 0 aliphatic carbocycles. The first-order chi connectivity index (χ1) is 5.31. The summed E-state index contributed by atoms with van der Waals surface area (Å²) < 4.78 is 0. The quantitative estimate of drug-likeness (QED) is 0.553. The van der Waals surface area contributed by atoms with Gasteiger partial charge in [0.15, 0.2) is 0 Å². The maximum absolute atomic E-state index is 11.1. The van der Waals surface area contributed by atoms with Crippen molar-refractivity contribution in [3.63, 3.8) is 0 Å². The van der Waals surface area contributed by atoms with Gasteiger partial charge in [-0.15, -0.1) is 6.58 Å². The molecule has 0 aromatic carbocycles. The second-order valence-electron chi connectivity index (χ2n) is 3.20. The van der Waals surface area contributed by atoms with Crippen LogP contribution in [0, 0.1) is 0 Å². The van der Waals surface area contributed by atoms with Gasteiger partial charge in [0.25, 0.3) is 0 Å². The topological polar surface area (TPSA) is 32.3 Å². The predicted octanol–water partition coefficient (Wildman–Crippen LogP) is -0.255. The third kappa shape index (κ3) is 0.959. The number of rotatable bonds is 2. The number of fused-ring (bicyclic) bond motifs is 2. The Kier molecular flexibility index (Phi) is 1.46. The molecule has 1 N–H and O–H groups in total. The predicted molar refractivity (Wildman–Crippen MR) is 42.1 cm³/mol. The van der Waals surface area contributed by atoms with Crippen molar-refractivity contribution in [3.8, 4) is 0 Å². The molecule has 60 valence electrons. The molecular formula is C8H12N2O. The standard InChI is InChI=1S/C8H12N2O/c1-2-3-10-5-6-4-7(10)8(11)9-6/h2,6-7H,1,3-5H2,(H,9,11)/t6-,7-/m1/s1. The van der Waals surface area contributed by atoms with Gasteiger partial charge in [0, 0.05) is 19.1 Å². The molecule has 1 amide bonds. The van der Waals surface area contributed by atoms with E-state index in [0.29, 0.717) is 6.04 Å². The summed E-state index contributed by atoms with van der Waals surface area (Å²) in [5.74, 6) is 0.197. The van der Waals surface area contributed by atoms with Crippen LogP contribution in [0.15, 0.2) is 12.7 Å². The molecule has 2 saturated heterocycles. The van der Waals surface area contributed by atoms with E-state index in [-0.39, 0.29) is 11.9 Å². The van der Waals surface area contributed by atoms with Gasteiger partial charge < -0.3 is 5.32 Å². The highest BCUT2D eigenvalue weighted by molar-refractivity contribution is 5.85. The molecule has 2 heterocycles. The van der Waals surface area contributed by atoms with Crippen LogP contribution in [0.1, 0.15) is 6.42 Å². The Morgan fingerprint density at radius 2 is 2.64 bits per heavy atom. The molecule has 3 heteroatoms. The van der Waals surface area contributed by atoms with E-state index in [0.717, 1.165) is 19.5 Å². The number of hydrogen-bond donors (Lipinski definition) is 1. The van der Waals surface area contributed by atoms with Gasteiger partial charge in [-0.3, -0.25) is 9.69 Å². The van der Waals surface area contributed by atoms with Crippen molar-refractivity contribution in [1.29, 1.82) is 0 Å². The normalized spacial score (nSPS) is 35.8. The molecule has 3 nitrogen and oxygen atoms in total. The summed E-state index contributed by atoms with van der Waals surface area (Å²) in [6.45, 7) is 5.50. The lowest BCUT2D eigenvalue weighted by molar-refractivity contribution is -0.125. The number of amides is 1. The summed E-state index contributed by atoms with van der Waals surface area (Å²) in [4.78, 5) is 13.3. The van der Waals surface area contributed by atoms with Crippen LogP contribution in [0.5, 0.6) is 0 Å². The fourth-order valence-electron chi connectivity index (χ4n) is 1.95. The molecule has 2 bridgehead atoms. The Labute approximate surface area is 66.1 Å². The van der Waals surface area contributed by atoms with Crippen LogP contribution in [0.3, 0.4) is 0 Å². The average molecular weight is 152 g/mol. The van der Waals surface area contributed by atoms with Crippen LogP contribution in [0.25, 0.3) is 0 Å². The van der Waals surface area contributed by atoms with Gasteiger partial charge in [0.05, 0.1) is 6.04 Å². The Morgan fingerprint density at radius 3 is 3.18 bits per heavy atom. The van der Waals surface area contributed by atoms with E-state index in [1.807, 2.05) is 6.08 Å². The van der Waals surface area contributed by atoms with Crippen LogP contribution in [-0.4, -0.2) is 36.0 Å². The van der Waals surface area contributed by atoms with Crippen molar-refractivity contribution in [1.82, 2.24) is 10.2 Å². The Bertz CT molecular complexity index is 202. The molecule has 0 radical (unpaired) electrons. The third-order valence-corrected chi connectivity index (χ3v) is 2.42. The van der Waals surface area contributed by atoms with E-state index in [4.69, 9.17) is 0 Å². The Hall–Kier alpha value is -0.830. The molecule has 2 rings (SSSR count). The molecule has 0 spiro atoms. The molecule has 0 aromatic heterocycles. The fourth-order valence-corrected chi connectivity index (χ4v) is 1.95. The Morgan fingerprint density at radius 1 is 1.82 bits per heavy atom. The van der Waals surface area contributed by atoms with E-state index in [2.05, 4.69) is 16.8 Å². The van der Waals surface area contributed by atoms with Crippen LogP contribution in [0.4, 0.5) is 0 Å². The smallest absolute Gasteiger partial charge is 0.237 e. The molecule has 0 aromatic rings. The highest BCUT2D eigenvalue weighted by Crippen LogP contribution is 2.23. The summed E-state index contributed by atoms with van der Waals surface area (Å²) >= 11 is 0. The van der Waals surface area contributed by atoms with Crippen molar-refractivity contribution >= 4 is 5.91 Å². The number of hydrogen-bond acceptors (Lipinski definition) is 2. The van der Waals surface area contributed by atoms with E-state index in [1.54, 1.807) is 0 Å². The van der Waals surface area contributed by atoms with E-state index >= 15 is 0 Å². The molecular weight excluding hydrogens is 140 g/mol. The zero-order valence-corrected chi connectivity index (χ0v) is 6.42. The number of carbonyl (C=O) groups excluding carboxylic acids is 1. The van der Waals surface area contributed by atoms with Crippen LogP contribution < -0.4 is 5.32 Å². The molecule has 2 aliphatic rings. The van der Waals surface area contributed by atoms with Gasteiger partial charge in [-0.05, 0) is 6.42 Å². The van der Waals surface area contributed by atoms with Crippen LogP contribution in [0.2, 0.25) is 0 Å². The monoisotopic (exact) mass is 152 g/mol. The number of carbonyl (C=O) groups is 1. The zero-order chi connectivity index (χ0) is 7.84. The molecule has 11 heavy (non-hydrogen) atoms. The zero-order valence-electron chi connectivity index (χ0n) is 6.42. The number of piperazine rings is 1. The summed E-state index contributed by atoms with van der Waals surface area (Å²) in [6.07, 6.45) is 2.85. The largest absolute Gasteiger partial charge is 0.351 e. The number of nitrogens with zero attached hydrogens (tertiary/aromatic N) is 1. The highest BCUT2D eigenvalue weighted by Gasteiger charge is 2.43. The molecule has 2 fully saturated rings. The lowest BCUT2D eigenvalue weighted by Gasteiger charge is -2.24. The van der Waals surface area contributed by atoms with Gasteiger partial charge in [-0.1, -0.05) is 6.08 Å². The SMILES string of the molecule is C=CCN1C[C@H]2C[C@@H]1C(=O)N2. The second kappa shape index (κ2) is 2.34. The first-order valence-electron chi connectivity index (χ1n) is 3.96. The van der Waals surface area contributed by atoms with Crippen molar-refractivity contribution in [2.75, 3.05) is 13.1 Å². The molecule has 2 aliphatic heterocycles. The fraction of sp³-hybridized carbons (Fsp3) is 0.625. The van der Waals surface area contributed by atoms with Gasteiger partial charge >= 0.3 is 0 Å². The maximum atomic E-state index is 11.1. The van der Waals surface area contributed by atoms with Crippen molar-refractivity contribution in [3.05, 3.63) is 12.7 Å². The van der Waals surface area contributed by atoms with Crippen molar-refractivity contribution in [2.24, 2.45) is 0 Å². The van der Waals surface area contributed by atoms with Crippen molar-refractivity contribution in [2.45, 2.75) is 18.5 Å². The van der Waals surface area contributed by atoms with Gasteiger partial charge in [-0.2, -0.15) is 0 Å². The average Bonchev–Trinajstić information content (AvgIpc) is 2.46. The summed E-state index contributed by atoms with van der Waals surface area (Å²) in [5, 5.41) is 2.93. The molecule has 0 saturated carbocycles. The molecule has 0 unspecified atom stereocenters. The Balaban J connectivity index is 2.06. The minimum Gasteiger partial charge on any atom is -0.351 e. The lowest BCUT2D eigenvalue weighted by atomic mass is 10.2. The first-order valence-corrected chi connectivity index (χ1v) is 3.96. The van der Waals surface area contributed by atoms with Crippen LogP contribution >= 0.6 is 0 Å². The maximum Gasteiger partial charge on any atom is 0.237 e. The number of nitrogens with one attached hydrogen (secondary N) is 1.